The summed E-state index contributed by atoms with van der Waals surface area (Å²) in [6.07, 6.45) is 0.927. The molecule has 0 aromatic heterocycles. The normalized spacial score (nSPS) is 15.6. The van der Waals surface area contributed by atoms with Gasteiger partial charge < -0.3 is 10.1 Å². The van der Waals surface area contributed by atoms with Gasteiger partial charge in [-0.1, -0.05) is 0 Å². The molecule has 2 aromatic rings. The minimum absolute atomic E-state index is 0.0266. The molecular weight excluding hydrogens is 532 g/mol. The van der Waals surface area contributed by atoms with Gasteiger partial charge in [-0.3, -0.25) is 9.10 Å². The van der Waals surface area contributed by atoms with Crippen molar-refractivity contribution in [3.05, 3.63) is 48.5 Å². The third kappa shape index (κ3) is 6.41. The summed E-state index contributed by atoms with van der Waals surface area (Å²) in [5, 5.41) is 2.55. The van der Waals surface area contributed by atoms with Crippen molar-refractivity contribution in [2.24, 2.45) is 0 Å². The van der Waals surface area contributed by atoms with Crippen molar-refractivity contribution in [2.75, 3.05) is 62.8 Å². The Balaban J connectivity index is 1.73. The predicted octanol–water partition coefficient (Wildman–Crippen LogP) is 0.363. The van der Waals surface area contributed by atoms with Crippen LogP contribution in [-0.2, 0) is 39.6 Å². The molecule has 1 amide bonds. The zero-order chi connectivity index (χ0) is 26.7. The molecule has 0 atom stereocenters. The van der Waals surface area contributed by atoms with Gasteiger partial charge in [0.2, 0.25) is 36.0 Å². The van der Waals surface area contributed by atoms with Crippen molar-refractivity contribution in [3.8, 4) is 0 Å². The molecule has 3 rings (SSSR count). The van der Waals surface area contributed by atoms with E-state index < -0.39 is 42.5 Å². The monoisotopic (exact) mass is 560 g/mol. The third-order valence-electron chi connectivity index (χ3n) is 5.34. The molecule has 0 bridgehead atoms. The highest BCUT2D eigenvalue weighted by Gasteiger charge is 2.27. The van der Waals surface area contributed by atoms with E-state index in [1.54, 1.807) is 0 Å². The van der Waals surface area contributed by atoms with E-state index in [9.17, 15) is 30.0 Å². The lowest BCUT2D eigenvalue weighted by molar-refractivity contribution is -0.114. The van der Waals surface area contributed by atoms with Crippen molar-refractivity contribution in [1.29, 1.82) is 0 Å². The van der Waals surface area contributed by atoms with Crippen LogP contribution < -0.4 is 9.62 Å². The first-order chi connectivity index (χ1) is 16.7. The van der Waals surface area contributed by atoms with E-state index in [0.717, 1.165) is 14.9 Å². The number of hydrogen-bond acceptors (Lipinski definition) is 8. The largest absolute Gasteiger partial charge is 0.379 e. The van der Waals surface area contributed by atoms with Crippen LogP contribution in [0.4, 0.5) is 11.4 Å². The van der Waals surface area contributed by atoms with Gasteiger partial charge in [-0.2, -0.15) is 4.31 Å². The van der Waals surface area contributed by atoms with Crippen molar-refractivity contribution < 1.29 is 34.8 Å². The number of morpholine rings is 1. The Morgan fingerprint density at radius 3 is 1.92 bits per heavy atom. The summed E-state index contributed by atoms with van der Waals surface area (Å²) < 4.78 is 83.0. The SMILES string of the molecule is CN(C)S(=O)(=O)c1ccc(N(CC(=O)Nc2ccc(S(=O)(=O)N3CCOCC3)cc2)S(C)(=O)=O)cc1. The highest BCUT2D eigenvalue weighted by Crippen LogP contribution is 2.23. The Morgan fingerprint density at radius 2 is 1.42 bits per heavy atom. The van der Waals surface area contributed by atoms with Gasteiger partial charge in [-0.25, -0.2) is 29.6 Å². The number of amides is 1. The van der Waals surface area contributed by atoms with E-state index in [2.05, 4.69) is 5.32 Å². The lowest BCUT2D eigenvalue weighted by Gasteiger charge is -2.26. The van der Waals surface area contributed by atoms with Gasteiger partial charge in [0, 0.05) is 32.9 Å². The van der Waals surface area contributed by atoms with E-state index in [1.807, 2.05) is 0 Å². The van der Waals surface area contributed by atoms with Crippen molar-refractivity contribution >= 4 is 47.4 Å². The molecule has 1 N–H and O–H groups in total. The topological polar surface area (TPSA) is 150 Å². The molecule has 0 saturated carbocycles. The third-order valence-corrected chi connectivity index (χ3v) is 10.2. The number of carbonyl (C=O) groups is 1. The molecule has 1 heterocycles. The molecule has 12 nitrogen and oxygen atoms in total. The van der Waals surface area contributed by atoms with Gasteiger partial charge in [0.15, 0.2) is 0 Å². The Bertz CT molecular complexity index is 1400. The lowest BCUT2D eigenvalue weighted by atomic mass is 10.3. The van der Waals surface area contributed by atoms with Gasteiger partial charge in [0.1, 0.15) is 6.54 Å². The maximum absolute atomic E-state index is 12.7. The highest BCUT2D eigenvalue weighted by atomic mass is 32.2. The maximum Gasteiger partial charge on any atom is 0.245 e. The summed E-state index contributed by atoms with van der Waals surface area (Å²) in [7, 11) is -8.54. The number of rotatable bonds is 9. The van der Waals surface area contributed by atoms with Crippen molar-refractivity contribution in [3.63, 3.8) is 0 Å². The quantitative estimate of drug-likeness (QED) is 0.462. The van der Waals surface area contributed by atoms with Crippen LogP contribution in [0.2, 0.25) is 0 Å². The Morgan fingerprint density at radius 1 is 0.889 bits per heavy atom. The number of ether oxygens (including phenoxy) is 1. The van der Waals surface area contributed by atoms with E-state index >= 15 is 0 Å². The van der Waals surface area contributed by atoms with E-state index in [1.165, 1.54) is 66.9 Å². The number of anilines is 2. The number of benzene rings is 2. The molecule has 198 valence electrons. The molecule has 1 fully saturated rings. The van der Waals surface area contributed by atoms with E-state index in [4.69, 9.17) is 4.74 Å². The fraction of sp³-hybridized carbons (Fsp3) is 0.381. The van der Waals surface area contributed by atoms with Crippen LogP contribution >= 0.6 is 0 Å². The number of sulfonamides is 3. The summed E-state index contributed by atoms with van der Waals surface area (Å²) in [6, 6.07) is 10.7. The summed E-state index contributed by atoms with van der Waals surface area (Å²) >= 11 is 0. The summed E-state index contributed by atoms with van der Waals surface area (Å²) in [6.45, 7) is 0.567. The first-order valence-electron chi connectivity index (χ1n) is 10.7. The van der Waals surface area contributed by atoms with Gasteiger partial charge >= 0.3 is 0 Å². The average molecular weight is 561 g/mol. The van der Waals surface area contributed by atoms with Gasteiger partial charge in [-0.05, 0) is 48.5 Å². The molecule has 0 radical (unpaired) electrons. The molecule has 36 heavy (non-hydrogen) atoms. The molecule has 0 aliphatic carbocycles. The molecule has 0 spiro atoms. The maximum atomic E-state index is 12.7. The predicted molar refractivity (Wildman–Crippen MR) is 134 cm³/mol. The fourth-order valence-electron chi connectivity index (χ4n) is 3.37. The van der Waals surface area contributed by atoms with Crippen molar-refractivity contribution in [2.45, 2.75) is 9.79 Å². The highest BCUT2D eigenvalue weighted by molar-refractivity contribution is 7.92. The first-order valence-corrected chi connectivity index (χ1v) is 15.4. The number of nitrogens with zero attached hydrogens (tertiary/aromatic N) is 3. The van der Waals surface area contributed by atoms with Crippen LogP contribution in [0, 0.1) is 0 Å². The molecule has 1 saturated heterocycles. The molecular formula is C21H28N4O8S3. The number of hydrogen-bond donors (Lipinski definition) is 1. The molecule has 1 aliphatic heterocycles. The second-order valence-electron chi connectivity index (χ2n) is 8.14. The Hall–Kier alpha value is -2.56. The van der Waals surface area contributed by atoms with Crippen LogP contribution in [0.15, 0.2) is 58.3 Å². The van der Waals surface area contributed by atoms with Gasteiger partial charge in [-0.15, -0.1) is 0 Å². The zero-order valence-electron chi connectivity index (χ0n) is 20.0. The molecule has 1 aliphatic rings. The lowest BCUT2D eigenvalue weighted by Crippen LogP contribution is -2.40. The summed E-state index contributed by atoms with van der Waals surface area (Å²) in [5.74, 6) is -0.672. The second-order valence-corrected chi connectivity index (χ2v) is 14.1. The van der Waals surface area contributed by atoms with E-state index in [-0.39, 0.29) is 34.3 Å². The number of carbonyl (C=O) groups excluding carboxylic acids is 1. The zero-order valence-corrected chi connectivity index (χ0v) is 22.4. The Labute approximate surface area is 211 Å². The minimum Gasteiger partial charge on any atom is -0.379 e. The van der Waals surface area contributed by atoms with Crippen LogP contribution in [0.25, 0.3) is 0 Å². The molecule has 15 heteroatoms. The van der Waals surface area contributed by atoms with Crippen LogP contribution in [0.5, 0.6) is 0 Å². The van der Waals surface area contributed by atoms with Gasteiger partial charge in [0.05, 0.1) is 34.9 Å². The summed E-state index contributed by atoms with van der Waals surface area (Å²) in [5.41, 5.74) is 0.388. The second kappa shape index (κ2) is 10.8. The van der Waals surface area contributed by atoms with Gasteiger partial charge in [0.25, 0.3) is 0 Å². The minimum atomic E-state index is -3.89. The number of nitrogens with one attached hydrogen (secondary N) is 1. The van der Waals surface area contributed by atoms with Crippen LogP contribution in [0.3, 0.4) is 0 Å². The standard InChI is InChI=1S/C21H28N4O8S3/c1-23(2)35(29,30)19-10-6-18(7-11-19)25(34(3,27)28)16-21(26)22-17-4-8-20(9-5-17)36(31,32)24-12-14-33-15-13-24/h4-11H,12-16H2,1-3H3,(H,22,26). The van der Waals surface area contributed by atoms with Crippen LogP contribution in [-0.4, -0.2) is 93.0 Å². The van der Waals surface area contributed by atoms with E-state index in [0.29, 0.717) is 13.2 Å². The first kappa shape index (κ1) is 28.0. The van der Waals surface area contributed by atoms with Crippen LogP contribution in [0.1, 0.15) is 0 Å². The Kier molecular flexibility index (Phi) is 8.42. The smallest absolute Gasteiger partial charge is 0.245 e. The summed E-state index contributed by atoms with van der Waals surface area (Å²) in [4.78, 5) is 12.7. The molecule has 2 aromatic carbocycles. The molecule has 0 unspecified atom stereocenters. The van der Waals surface area contributed by atoms with Crippen molar-refractivity contribution in [1.82, 2.24) is 8.61 Å². The average Bonchev–Trinajstić information content (AvgIpc) is 2.83. The fourth-order valence-corrected chi connectivity index (χ4v) is 6.54.